The fourth-order valence-electron chi connectivity index (χ4n) is 2.36. The zero-order chi connectivity index (χ0) is 17.0. The van der Waals surface area contributed by atoms with Gasteiger partial charge in [-0.15, -0.1) is 0 Å². The fraction of sp³-hybridized carbons (Fsp3) is 0.647. The number of hydrogen-bond donors (Lipinski definition) is 2. The van der Waals surface area contributed by atoms with Gasteiger partial charge in [-0.3, -0.25) is 0 Å². The average Bonchev–Trinajstić information content (AvgIpc) is 2.57. The van der Waals surface area contributed by atoms with Gasteiger partial charge < -0.3 is 24.3 Å². The SMILES string of the molecule is CCO[Si](CCc1ccccc1)(OCC)OCC(C)NCCN. The monoisotopic (exact) mass is 340 g/mol. The van der Waals surface area contributed by atoms with Gasteiger partial charge in [0.05, 0.1) is 6.61 Å². The van der Waals surface area contributed by atoms with E-state index in [2.05, 4.69) is 36.5 Å². The van der Waals surface area contributed by atoms with Crippen LogP contribution in [0.3, 0.4) is 0 Å². The fourth-order valence-corrected chi connectivity index (χ4v) is 5.03. The summed E-state index contributed by atoms with van der Waals surface area (Å²) in [7, 11) is -2.65. The topological polar surface area (TPSA) is 65.7 Å². The van der Waals surface area contributed by atoms with Gasteiger partial charge in [0.2, 0.25) is 0 Å². The predicted molar refractivity (Wildman–Crippen MR) is 96.4 cm³/mol. The molecule has 0 saturated carbocycles. The minimum absolute atomic E-state index is 0.225. The second kappa shape index (κ2) is 11.7. The molecule has 0 spiro atoms. The Morgan fingerprint density at radius 1 is 1.09 bits per heavy atom. The third-order valence-electron chi connectivity index (χ3n) is 3.48. The van der Waals surface area contributed by atoms with Crippen LogP contribution in [0, 0.1) is 0 Å². The third kappa shape index (κ3) is 8.05. The molecule has 1 aromatic carbocycles. The average molecular weight is 341 g/mol. The van der Waals surface area contributed by atoms with Crippen LogP contribution in [0.2, 0.25) is 6.04 Å². The van der Waals surface area contributed by atoms with Gasteiger partial charge in [0.15, 0.2) is 0 Å². The van der Waals surface area contributed by atoms with Gasteiger partial charge in [-0.05, 0) is 32.8 Å². The Labute approximate surface area is 141 Å². The van der Waals surface area contributed by atoms with E-state index in [-0.39, 0.29) is 6.04 Å². The van der Waals surface area contributed by atoms with Crippen molar-refractivity contribution < 1.29 is 13.3 Å². The molecule has 1 rings (SSSR count). The van der Waals surface area contributed by atoms with Crippen LogP contribution in [-0.4, -0.2) is 47.8 Å². The van der Waals surface area contributed by atoms with Crippen molar-refractivity contribution in [2.24, 2.45) is 5.73 Å². The van der Waals surface area contributed by atoms with Gasteiger partial charge in [-0.2, -0.15) is 0 Å². The van der Waals surface area contributed by atoms with Crippen LogP contribution in [0.4, 0.5) is 0 Å². The van der Waals surface area contributed by atoms with Gasteiger partial charge in [-0.1, -0.05) is 30.3 Å². The van der Waals surface area contributed by atoms with Crippen molar-refractivity contribution in [1.82, 2.24) is 5.32 Å². The normalized spacial score (nSPS) is 13.2. The Morgan fingerprint density at radius 2 is 1.74 bits per heavy atom. The number of benzene rings is 1. The molecular formula is C17H32N2O3Si. The molecule has 0 fully saturated rings. The molecule has 1 unspecified atom stereocenters. The summed E-state index contributed by atoms with van der Waals surface area (Å²) < 4.78 is 18.2. The van der Waals surface area contributed by atoms with Crippen LogP contribution in [0.25, 0.3) is 0 Å². The van der Waals surface area contributed by atoms with Crippen molar-refractivity contribution in [3.8, 4) is 0 Å². The van der Waals surface area contributed by atoms with Gasteiger partial charge in [-0.25, -0.2) is 0 Å². The third-order valence-corrected chi connectivity index (χ3v) is 6.41. The second-order valence-corrected chi connectivity index (χ2v) is 8.22. The van der Waals surface area contributed by atoms with E-state index in [1.54, 1.807) is 0 Å². The highest BCUT2D eigenvalue weighted by Gasteiger charge is 2.40. The van der Waals surface area contributed by atoms with Crippen molar-refractivity contribution in [3.63, 3.8) is 0 Å². The quantitative estimate of drug-likeness (QED) is 0.539. The second-order valence-electron chi connectivity index (χ2n) is 5.49. The lowest BCUT2D eigenvalue weighted by Crippen LogP contribution is -2.49. The largest absolute Gasteiger partial charge is 0.501 e. The lowest BCUT2D eigenvalue weighted by Gasteiger charge is -2.30. The van der Waals surface area contributed by atoms with Gasteiger partial charge in [0.25, 0.3) is 0 Å². The van der Waals surface area contributed by atoms with E-state index < -0.39 is 8.80 Å². The minimum Gasteiger partial charge on any atom is -0.374 e. The van der Waals surface area contributed by atoms with Crippen molar-refractivity contribution in [1.29, 1.82) is 0 Å². The van der Waals surface area contributed by atoms with E-state index in [9.17, 15) is 0 Å². The maximum Gasteiger partial charge on any atom is 0.501 e. The number of nitrogens with two attached hydrogens (primary N) is 1. The lowest BCUT2D eigenvalue weighted by atomic mass is 10.2. The lowest BCUT2D eigenvalue weighted by molar-refractivity contribution is 0.0610. The predicted octanol–water partition coefficient (Wildman–Crippen LogP) is 2.19. The number of hydrogen-bond acceptors (Lipinski definition) is 5. The maximum absolute atomic E-state index is 6.18. The Bertz CT molecular complexity index is 400. The molecule has 0 radical (unpaired) electrons. The first-order valence-corrected chi connectivity index (χ1v) is 10.5. The highest BCUT2D eigenvalue weighted by atomic mass is 28.4. The highest BCUT2D eigenvalue weighted by molar-refractivity contribution is 6.60. The molecule has 5 nitrogen and oxygen atoms in total. The first-order valence-electron chi connectivity index (χ1n) is 8.55. The van der Waals surface area contributed by atoms with Crippen LogP contribution in [0.1, 0.15) is 26.3 Å². The van der Waals surface area contributed by atoms with Gasteiger partial charge >= 0.3 is 8.80 Å². The molecule has 6 heteroatoms. The van der Waals surface area contributed by atoms with Crippen molar-refractivity contribution >= 4 is 8.80 Å². The molecule has 0 aliphatic carbocycles. The molecule has 0 bridgehead atoms. The molecule has 1 aromatic rings. The molecule has 23 heavy (non-hydrogen) atoms. The highest BCUT2D eigenvalue weighted by Crippen LogP contribution is 2.19. The standard InChI is InChI=1S/C17H32N2O3Si/c1-4-20-23(21-5-2,22-15-16(3)19-13-12-18)14-11-17-9-7-6-8-10-17/h6-10,16,19H,4-5,11-15,18H2,1-3H3. The summed E-state index contributed by atoms with van der Waals surface area (Å²) in [6.45, 7) is 9.25. The first kappa shape index (κ1) is 20.3. The Morgan fingerprint density at radius 3 is 2.30 bits per heavy atom. The molecule has 3 N–H and O–H groups in total. The molecule has 0 amide bonds. The molecule has 0 aliphatic heterocycles. The minimum atomic E-state index is -2.65. The molecular weight excluding hydrogens is 308 g/mol. The smallest absolute Gasteiger partial charge is 0.374 e. The summed E-state index contributed by atoms with van der Waals surface area (Å²) in [4.78, 5) is 0. The van der Waals surface area contributed by atoms with Crippen molar-refractivity contribution in [2.45, 2.75) is 39.3 Å². The Hall–Kier alpha value is -0.763. The van der Waals surface area contributed by atoms with Crippen LogP contribution in [0.15, 0.2) is 30.3 Å². The summed E-state index contributed by atoms with van der Waals surface area (Å²) in [6, 6.07) is 11.4. The van der Waals surface area contributed by atoms with Crippen LogP contribution < -0.4 is 11.1 Å². The molecule has 0 saturated heterocycles. The van der Waals surface area contributed by atoms with E-state index in [1.807, 2.05) is 19.9 Å². The summed E-state index contributed by atoms with van der Waals surface area (Å²) in [5.74, 6) is 0. The van der Waals surface area contributed by atoms with E-state index >= 15 is 0 Å². The summed E-state index contributed by atoms with van der Waals surface area (Å²) in [5, 5.41) is 3.32. The van der Waals surface area contributed by atoms with Gasteiger partial charge in [0.1, 0.15) is 0 Å². The first-order chi connectivity index (χ1) is 11.2. The Balaban J connectivity index is 2.63. The number of aryl methyl sites for hydroxylation is 1. The zero-order valence-electron chi connectivity index (χ0n) is 14.7. The zero-order valence-corrected chi connectivity index (χ0v) is 15.7. The van der Waals surface area contributed by atoms with Crippen LogP contribution in [-0.2, 0) is 19.7 Å². The van der Waals surface area contributed by atoms with Crippen molar-refractivity contribution in [3.05, 3.63) is 35.9 Å². The molecule has 0 aliphatic rings. The maximum atomic E-state index is 6.18. The molecule has 132 valence electrons. The summed E-state index contributed by atoms with van der Waals surface area (Å²) in [5.41, 5.74) is 6.80. The van der Waals surface area contributed by atoms with E-state index in [0.29, 0.717) is 26.4 Å². The van der Waals surface area contributed by atoms with Crippen LogP contribution >= 0.6 is 0 Å². The van der Waals surface area contributed by atoms with E-state index in [0.717, 1.165) is 19.0 Å². The van der Waals surface area contributed by atoms with Gasteiger partial charge in [0, 0.05) is 38.4 Å². The number of rotatable bonds is 13. The molecule has 0 aromatic heterocycles. The van der Waals surface area contributed by atoms with E-state index in [4.69, 9.17) is 19.0 Å². The van der Waals surface area contributed by atoms with E-state index in [1.165, 1.54) is 5.56 Å². The summed E-state index contributed by atoms with van der Waals surface area (Å²) in [6.07, 6.45) is 0.900. The van der Waals surface area contributed by atoms with Crippen LogP contribution in [0.5, 0.6) is 0 Å². The summed E-state index contributed by atoms with van der Waals surface area (Å²) >= 11 is 0. The molecule has 0 heterocycles. The van der Waals surface area contributed by atoms with Crippen molar-refractivity contribution in [2.75, 3.05) is 32.9 Å². The Kier molecular flexibility index (Phi) is 10.3. The molecule has 1 atom stereocenters. The number of nitrogens with one attached hydrogen (secondary N) is 1.